The van der Waals surface area contributed by atoms with Crippen LogP contribution in [-0.2, 0) is 18.3 Å². The van der Waals surface area contributed by atoms with Crippen molar-refractivity contribution in [3.05, 3.63) is 70.0 Å². The summed E-state index contributed by atoms with van der Waals surface area (Å²) in [6.45, 7) is 8.22. The second kappa shape index (κ2) is 7.73. The lowest BCUT2D eigenvalue weighted by Crippen LogP contribution is -2.13. The van der Waals surface area contributed by atoms with E-state index in [2.05, 4.69) is 43.1 Å². The van der Waals surface area contributed by atoms with E-state index in [-0.39, 0.29) is 11.2 Å². The quantitative estimate of drug-likeness (QED) is 0.641. The Balaban J connectivity index is 1.83. The van der Waals surface area contributed by atoms with Crippen molar-refractivity contribution in [1.82, 2.24) is 15.0 Å². The second-order valence-electron chi connectivity index (χ2n) is 8.00. The fraction of sp³-hybridized carbons (Fsp3) is 0.364. The van der Waals surface area contributed by atoms with Crippen molar-refractivity contribution in [2.24, 2.45) is 0 Å². The van der Waals surface area contributed by atoms with Gasteiger partial charge in [0.25, 0.3) is 0 Å². The number of aromatic nitrogens is 3. The number of halogens is 1. The largest absolute Gasteiger partial charge is 0.505 e. The molecule has 0 radical (unpaired) electrons. The molecule has 2 aromatic carbocycles. The normalized spacial score (nSPS) is 11.7. The molecule has 0 aliphatic heterocycles. The maximum Gasteiger partial charge on any atom is 0.174 e. The van der Waals surface area contributed by atoms with E-state index in [0.29, 0.717) is 10.8 Å². The summed E-state index contributed by atoms with van der Waals surface area (Å²) in [6.07, 6.45) is 2.65. The van der Waals surface area contributed by atoms with Crippen LogP contribution in [0.15, 0.2) is 42.5 Å². The highest BCUT2D eigenvalue weighted by Gasteiger charge is 2.23. The number of phenols is 1. The topological polar surface area (TPSA) is 50.9 Å². The Morgan fingerprint density at radius 1 is 1.04 bits per heavy atom. The molecule has 3 aromatic rings. The fourth-order valence-corrected chi connectivity index (χ4v) is 3.37. The van der Waals surface area contributed by atoms with Crippen molar-refractivity contribution in [2.45, 2.75) is 52.4 Å². The summed E-state index contributed by atoms with van der Waals surface area (Å²) in [6, 6.07) is 14.2. The minimum absolute atomic E-state index is 0.180. The molecular weight excluding hydrogens is 358 g/mol. The van der Waals surface area contributed by atoms with Crippen LogP contribution in [0, 0.1) is 6.92 Å². The molecule has 0 atom stereocenters. The fourth-order valence-electron chi connectivity index (χ4n) is 3.17. The van der Waals surface area contributed by atoms with Gasteiger partial charge >= 0.3 is 0 Å². The monoisotopic (exact) mass is 383 g/mol. The third kappa shape index (κ3) is 4.51. The zero-order valence-electron chi connectivity index (χ0n) is 16.3. The minimum atomic E-state index is -0.180. The van der Waals surface area contributed by atoms with Crippen LogP contribution in [0.3, 0.4) is 0 Å². The Labute approximate surface area is 165 Å². The molecule has 0 amide bonds. The maximum absolute atomic E-state index is 10.8. The molecule has 0 fully saturated rings. The number of nitrogens with zero attached hydrogens (tertiary/aromatic N) is 3. The van der Waals surface area contributed by atoms with Crippen LogP contribution < -0.4 is 0 Å². The second-order valence-corrected chi connectivity index (χ2v) is 8.35. The van der Waals surface area contributed by atoms with E-state index in [4.69, 9.17) is 11.6 Å². The van der Waals surface area contributed by atoms with Crippen LogP contribution in [0.5, 0.6) is 5.75 Å². The Bertz CT molecular complexity index is 927. The highest BCUT2D eigenvalue weighted by atomic mass is 35.5. The van der Waals surface area contributed by atoms with Gasteiger partial charge in [0.15, 0.2) is 5.15 Å². The SMILES string of the molecule is Cc1cc(-n2nc(Cl)c(CCCc3ccccc3)n2)c(O)c(C(C)(C)C)c1. The van der Waals surface area contributed by atoms with Crippen LogP contribution in [0.1, 0.15) is 49.6 Å². The molecule has 1 aromatic heterocycles. The third-order valence-corrected chi connectivity index (χ3v) is 4.91. The summed E-state index contributed by atoms with van der Waals surface area (Å²) in [4.78, 5) is 1.46. The first-order chi connectivity index (χ1) is 12.8. The molecule has 0 spiro atoms. The Kier molecular flexibility index (Phi) is 5.56. The predicted molar refractivity (Wildman–Crippen MR) is 110 cm³/mol. The van der Waals surface area contributed by atoms with E-state index in [0.717, 1.165) is 36.1 Å². The molecule has 4 nitrogen and oxygen atoms in total. The van der Waals surface area contributed by atoms with Gasteiger partial charge in [0.1, 0.15) is 17.1 Å². The van der Waals surface area contributed by atoms with Gasteiger partial charge in [0.05, 0.1) is 0 Å². The summed E-state index contributed by atoms with van der Waals surface area (Å²) < 4.78 is 0. The van der Waals surface area contributed by atoms with Crippen molar-refractivity contribution >= 4 is 11.6 Å². The number of benzene rings is 2. The molecule has 0 saturated carbocycles. The van der Waals surface area contributed by atoms with E-state index in [1.165, 1.54) is 10.4 Å². The van der Waals surface area contributed by atoms with E-state index in [1.54, 1.807) is 0 Å². The number of aryl methyl sites for hydroxylation is 3. The van der Waals surface area contributed by atoms with Gasteiger partial charge in [-0.1, -0.05) is 68.8 Å². The number of phenolic OH excluding ortho intramolecular Hbond substituents is 1. The van der Waals surface area contributed by atoms with Gasteiger partial charge in [0.2, 0.25) is 0 Å². The maximum atomic E-state index is 10.8. The molecule has 0 aliphatic rings. The van der Waals surface area contributed by atoms with Crippen LogP contribution in [0.4, 0.5) is 0 Å². The first kappa shape index (κ1) is 19.4. The van der Waals surface area contributed by atoms with Crippen LogP contribution in [0.2, 0.25) is 5.15 Å². The van der Waals surface area contributed by atoms with Crippen molar-refractivity contribution < 1.29 is 5.11 Å². The average molecular weight is 384 g/mol. The molecule has 0 bridgehead atoms. The van der Waals surface area contributed by atoms with Gasteiger partial charge < -0.3 is 5.11 Å². The number of hydrogen-bond donors (Lipinski definition) is 1. The molecule has 5 heteroatoms. The lowest BCUT2D eigenvalue weighted by molar-refractivity contribution is 0.439. The van der Waals surface area contributed by atoms with Crippen LogP contribution in [0.25, 0.3) is 5.69 Å². The van der Waals surface area contributed by atoms with Gasteiger partial charge in [-0.3, -0.25) is 0 Å². The molecule has 0 unspecified atom stereocenters. The molecule has 1 heterocycles. The average Bonchev–Trinajstić information content (AvgIpc) is 2.97. The number of hydrogen-bond acceptors (Lipinski definition) is 3. The first-order valence-corrected chi connectivity index (χ1v) is 9.63. The predicted octanol–water partition coefficient (Wildman–Crippen LogP) is 5.41. The Hall–Kier alpha value is -2.33. The van der Waals surface area contributed by atoms with Gasteiger partial charge in [0, 0.05) is 5.56 Å². The molecule has 0 aliphatic carbocycles. The van der Waals surface area contributed by atoms with E-state index in [1.807, 2.05) is 37.3 Å². The van der Waals surface area contributed by atoms with E-state index in [9.17, 15) is 5.11 Å². The van der Waals surface area contributed by atoms with E-state index >= 15 is 0 Å². The summed E-state index contributed by atoms with van der Waals surface area (Å²) in [5.41, 5.74) is 4.36. The molecular formula is C22H26ClN3O. The van der Waals surface area contributed by atoms with Crippen LogP contribution >= 0.6 is 11.6 Å². The standard InChI is InChI=1S/C22H26ClN3O/c1-15-13-17(22(2,3)4)20(27)19(14-15)26-24-18(21(23)25-26)12-8-11-16-9-6-5-7-10-16/h5-7,9-10,13-14,27H,8,11-12H2,1-4H3. The summed E-state index contributed by atoms with van der Waals surface area (Å²) in [5.74, 6) is 0.204. The van der Waals surface area contributed by atoms with Gasteiger partial charge in [-0.2, -0.15) is 5.10 Å². The summed E-state index contributed by atoms with van der Waals surface area (Å²) in [5, 5.41) is 20.1. The molecule has 142 valence electrons. The molecule has 1 N–H and O–H groups in total. The number of rotatable bonds is 5. The highest BCUT2D eigenvalue weighted by Crippen LogP contribution is 2.36. The highest BCUT2D eigenvalue weighted by molar-refractivity contribution is 6.30. The van der Waals surface area contributed by atoms with Crippen molar-refractivity contribution in [3.8, 4) is 11.4 Å². The summed E-state index contributed by atoms with van der Waals surface area (Å²) in [7, 11) is 0. The van der Waals surface area contributed by atoms with Crippen molar-refractivity contribution in [2.75, 3.05) is 0 Å². The Morgan fingerprint density at radius 3 is 2.41 bits per heavy atom. The van der Waals surface area contributed by atoms with E-state index < -0.39 is 0 Å². The van der Waals surface area contributed by atoms with Crippen molar-refractivity contribution in [3.63, 3.8) is 0 Å². The zero-order chi connectivity index (χ0) is 19.6. The van der Waals surface area contributed by atoms with Gasteiger partial charge in [-0.05, 0) is 48.8 Å². The molecule has 0 saturated heterocycles. The lowest BCUT2D eigenvalue weighted by atomic mass is 9.85. The van der Waals surface area contributed by atoms with Gasteiger partial charge in [-0.25, -0.2) is 0 Å². The third-order valence-electron chi connectivity index (χ3n) is 4.62. The van der Waals surface area contributed by atoms with Gasteiger partial charge in [-0.15, -0.1) is 9.90 Å². The Morgan fingerprint density at radius 2 is 1.74 bits per heavy atom. The minimum Gasteiger partial charge on any atom is -0.505 e. The molecule has 3 rings (SSSR count). The smallest absolute Gasteiger partial charge is 0.174 e. The van der Waals surface area contributed by atoms with Crippen molar-refractivity contribution in [1.29, 1.82) is 0 Å². The van der Waals surface area contributed by atoms with Crippen LogP contribution in [-0.4, -0.2) is 20.1 Å². The number of aromatic hydroxyl groups is 1. The molecule has 27 heavy (non-hydrogen) atoms. The lowest BCUT2D eigenvalue weighted by Gasteiger charge is -2.22. The zero-order valence-corrected chi connectivity index (χ0v) is 17.1. The summed E-state index contributed by atoms with van der Waals surface area (Å²) >= 11 is 6.32. The first-order valence-electron chi connectivity index (χ1n) is 9.26.